The minimum atomic E-state index is 0.375. The first kappa shape index (κ1) is 13.6. The Balaban J connectivity index is 1.72. The molecular weight excluding hydrogens is 248 g/mol. The Labute approximate surface area is 120 Å². The van der Waals surface area contributed by atoms with Crippen LogP contribution in [0.25, 0.3) is 0 Å². The molecule has 20 heavy (non-hydrogen) atoms. The van der Waals surface area contributed by atoms with Gasteiger partial charge in [-0.05, 0) is 56.2 Å². The van der Waals surface area contributed by atoms with Crippen LogP contribution in [0.5, 0.6) is 0 Å². The Kier molecular flexibility index (Phi) is 4.02. The number of piperidine rings is 1. The zero-order valence-electron chi connectivity index (χ0n) is 12.0. The molecule has 2 heterocycles. The smallest absolute Gasteiger partial charge is 0.0991 e. The molecule has 1 aromatic carbocycles. The van der Waals surface area contributed by atoms with Crippen molar-refractivity contribution >= 4 is 0 Å². The number of nitrogens with zero attached hydrogens (tertiary/aromatic N) is 2. The van der Waals surface area contributed by atoms with Gasteiger partial charge in [-0.3, -0.25) is 0 Å². The third-order valence-electron chi connectivity index (χ3n) is 4.47. The van der Waals surface area contributed by atoms with Gasteiger partial charge in [0.25, 0.3) is 0 Å². The summed E-state index contributed by atoms with van der Waals surface area (Å²) in [5.74, 6) is 0. The highest BCUT2D eigenvalue weighted by molar-refractivity contribution is 5.41. The van der Waals surface area contributed by atoms with Gasteiger partial charge in [-0.2, -0.15) is 5.26 Å². The van der Waals surface area contributed by atoms with Gasteiger partial charge in [-0.15, -0.1) is 0 Å². The second kappa shape index (κ2) is 5.92. The molecule has 4 heteroatoms. The predicted molar refractivity (Wildman–Crippen MR) is 79.3 cm³/mol. The molecule has 0 radical (unpaired) electrons. The Hall–Kier alpha value is -1.41. The summed E-state index contributed by atoms with van der Waals surface area (Å²) in [6.07, 6.45) is 2.44. The van der Waals surface area contributed by atoms with Gasteiger partial charge in [0.15, 0.2) is 0 Å². The highest BCUT2D eigenvalue weighted by Gasteiger charge is 2.24. The van der Waals surface area contributed by atoms with E-state index in [9.17, 15) is 0 Å². The summed E-state index contributed by atoms with van der Waals surface area (Å²) in [6.45, 7) is 4.21. The topological polar surface area (TPSA) is 51.1 Å². The van der Waals surface area contributed by atoms with Crippen LogP contribution in [0.15, 0.2) is 18.2 Å². The van der Waals surface area contributed by atoms with Gasteiger partial charge in [0, 0.05) is 25.2 Å². The van der Waals surface area contributed by atoms with Crippen LogP contribution in [0.1, 0.15) is 35.6 Å². The average molecular weight is 270 g/mol. The second-order valence-corrected chi connectivity index (χ2v) is 5.95. The van der Waals surface area contributed by atoms with Crippen LogP contribution < -0.4 is 10.6 Å². The third-order valence-corrected chi connectivity index (χ3v) is 4.47. The standard InChI is InChI=1S/C16H22N4/c1-20-6-4-14(5-7-20)19-16-11-18-10-13-8-12(9-17)2-3-15(13)16/h2-3,8,14,16,18-19H,4-7,10-11H2,1H3. The first-order valence-electron chi connectivity index (χ1n) is 7.44. The zero-order valence-corrected chi connectivity index (χ0v) is 12.0. The Morgan fingerprint density at radius 2 is 2.15 bits per heavy atom. The van der Waals surface area contributed by atoms with Crippen LogP contribution in [-0.2, 0) is 6.54 Å². The molecule has 106 valence electrons. The van der Waals surface area contributed by atoms with Gasteiger partial charge < -0.3 is 15.5 Å². The van der Waals surface area contributed by atoms with Crippen LogP contribution in [0, 0.1) is 11.3 Å². The summed E-state index contributed by atoms with van der Waals surface area (Å²) < 4.78 is 0. The van der Waals surface area contributed by atoms with Crippen LogP contribution in [0.2, 0.25) is 0 Å². The van der Waals surface area contributed by atoms with E-state index in [0.717, 1.165) is 18.7 Å². The largest absolute Gasteiger partial charge is 0.311 e. The van der Waals surface area contributed by atoms with Crippen LogP contribution in [0.4, 0.5) is 0 Å². The Morgan fingerprint density at radius 1 is 1.35 bits per heavy atom. The van der Waals surface area contributed by atoms with Crippen molar-refractivity contribution in [1.29, 1.82) is 5.26 Å². The maximum Gasteiger partial charge on any atom is 0.0991 e. The first-order chi connectivity index (χ1) is 9.76. The number of nitrogens with one attached hydrogen (secondary N) is 2. The fraction of sp³-hybridized carbons (Fsp3) is 0.562. The molecule has 2 aliphatic rings. The van der Waals surface area contributed by atoms with E-state index in [1.165, 1.54) is 37.1 Å². The molecule has 0 spiro atoms. The van der Waals surface area contributed by atoms with Crippen molar-refractivity contribution in [2.75, 3.05) is 26.7 Å². The van der Waals surface area contributed by atoms with Crippen LogP contribution in [-0.4, -0.2) is 37.6 Å². The molecule has 3 rings (SSSR count). The average Bonchev–Trinajstić information content (AvgIpc) is 2.49. The highest BCUT2D eigenvalue weighted by Crippen LogP contribution is 2.24. The number of fused-ring (bicyclic) bond motifs is 1. The van der Waals surface area contributed by atoms with E-state index in [2.05, 4.69) is 34.7 Å². The monoisotopic (exact) mass is 270 g/mol. The molecule has 0 bridgehead atoms. The van der Waals surface area contributed by atoms with E-state index < -0.39 is 0 Å². The number of hydrogen-bond acceptors (Lipinski definition) is 4. The summed E-state index contributed by atoms with van der Waals surface area (Å²) in [5, 5.41) is 16.3. The molecular formula is C16H22N4. The summed E-state index contributed by atoms with van der Waals surface area (Å²) in [4.78, 5) is 2.39. The second-order valence-electron chi connectivity index (χ2n) is 5.95. The molecule has 2 N–H and O–H groups in total. The molecule has 1 fully saturated rings. The molecule has 4 nitrogen and oxygen atoms in total. The maximum absolute atomic E-state index is 9.00. The summed E-state index contributed by atoms with van der Waals surface area (Å²) >= 11 is 0. The fourth-order valence-corrected chi connectivity index (χ4v) is 3.24. The Morgan fingerprint density at radius 3 is 2.90 bits per heavy atom. The maximum atomic E-state index is 9.00. The molecule has 0 aliphatic carbocycles. The van der Waals surface area contributed by atoms with Crippen LogP contribution >= 0.6 is 0 Å². The van der Waals surface area contributed by atoms with E-state index in [-0.39, 0.29) is 0 Å². The third kappa shape index (κ3) is 2.85. The molecule has 1 atom stereocenters. The fourth-order valence-electron chi connectivity index (χ4n) is 3.24. The molecule has 2 aliphatic heterocycles. The quantitative estimate of drug-likeness (QED) is 0.852. The van der Waals surface area contributed by atoms with Crippen molar-refractivity contribution in [3.05, 3.63) is 34.9 Å². The highest BCUT2D eigenvalue weighted by atomic mass is 15.1. The van der Waals surface area contributed by atoms with Gasteiger partial charge in [0.05, 0.1) is 11.6 Å². The lowest BCUT2D eigenvalue weighted by Crippen LogP contribution is -2.46. The molecule has 0 aromatic heterocycles. The number of nitriles is 1. The molecule has 1 aromatic rings. The Bertz CT molecular complexity index is 512. The normalized spacial score (nSPS) is 24.1. The predicted octanol–water partition coefficient (Wildman–Crippen LogP) is 1.39. The lowest BCUT2D eigenvalue weighted by atomic mass is 9.93. The lowest BCUT2D eigenvalue weighted by molar-refractivity contribution is 0.221. The summed E-state index contributed by atoms with van der Waals surface area (Å²) in [7, 11) is 2.19. The van der Waals surface area contributed by atoms with Crippen molar-refractivity contribution in [2.24, 2.45) is 0 Å². The lowest BCUT2D eigenvalue weighted by Gasteiger charge is -2.35. The van der Waals surface area contributed by atoms with Crippen molar-refractivity contribution in [3.63, 3.8) is 0 Å². The molecule has 1 unspecified atom stereocenters. The summed E-state index contributed by atoms with van der Waals surface area (Å²) in [6, 6.07) is 9.29. The number of hydrogen-bond donors (Lipinski definition) is 2. The minimum Gasteiger partial charge on any atom is -0.311 e. The first-order valence-corrected chi connectivity index (χ1v) is 7.44. The van der Waals surface area contributed by atoms with Crippen molar-refractivity contribution < 1.29 is 0 Å². The van der Waals surface area contributed by atoms with Crippen molar-refractivity contribution in [3.8, 4) is 6.07 Å². The van der Waals surface area contributed by atoms with Crippen LogP contribution in [0.3, 0.4) is 0 Å². The number of likely N-dealkylation sites (tertiary alicyclic amines) is 1. The van der Waals surface area contributed by atoms with E-state index in [1.54, 1.807) is 0 Å². The van der Waals surface area contributed by atoms with Gasteiger partial charge in [0.1, 0.15) is 0 Å². The van der Waals surface area contributed by atoms with Gasteiger partial charge in [-0.1, -0.05) is 6.07 Å². The van der Waals surface area contributed by atoms with Gasteiger partial charge in [-0.25, -0.2) is 0 Å². The molecule has 0 amide bonds. The molecule has 0 saturated carbocycles. The SMILES string of the molecule is CN1CCC(NC2CNCc3cc(C#N)ccc32)CC1. The van der Waals surface area contributed by atoms with Crippen molar-refractivity contribution in [1.82, 2.24) is 15.5 Å². The van der Waals surface area contributed by atoms with E-state index in [4.69, 9.17) is 5.26 Å². The van der Waals surface area contributed by atoms with Gasteiger partial charge >= 0.3 is 0 Å². The van der Waals surface area contributed by atoms with E-state index >= 15 is 0 Å². The van der Waals surface area contributed by atoms with Gasteiger partial charge in [0.2, 0.25) is 0 Å². The van der Waals surface area contributed by atoms with Crippen molar-refractivity contribution in [2.45, 2.75) is 31.5 Å². The summed E-state index contributed by atoms with van der Waals surface area (Å²) in [5.41, 5.74) is 3.38. The van der Waals surface area contributed by atoms with E-state index in [1.807, 2.05) is 12.1 Å². The molecule has 1 saturated heterocycles. The zero-order chi connectivity index (χ0) is 13.9. The number of benzene rings is 1. The van der Waals surface area contributed by atoms with E-state index in [0.29, 0.717) is 12.1 Å². The minimum absolute atomic E-state index is 0.375. The number of rotatable bonds is 2.